The molecule has 25 heavy (non-hydrogen) atoms. The molecule has 6 nitrogen and oxygen atoms in total. The Morgan fingerprint density at radius 1 is 1.28 bits per heavy atom. The van der Waals surface area contributed by atoms with Crippen molar-refractivity contribution in [2.45, 2.75) is 23.8 Å². The molecule has 134 valence electrons. The number of anilines is 1. The van der Waals surface area contributed by atoms with Crippen LogP contribution < -0.4 is 14.9 Å². The van der Waals surface area contributed by atoms with Crippen LogP contribution in [0.3, 0.4) is 0 Å². The van der Waals surface area contributed by atoms with Gasteiger partial charge >= 0.3 is 0 Å². The molecule has 1 unspecified atom stereocenters. The highest BCUT2D eigenvalue weighted by atomic mass is 35.5. The molecule has 0 aliphatic carbocycles. The first-order valence-corrected chi connectivity index (χ1v) is 9.54. The number of hydrogen-bond acceptors (Lipinski definition) is 4. The van der Waals surface area contributed by atoms with E-state index in [0.29, 0.717) is 22.9 Å². The third-order valence-corrected chi connectivity index (χ3v) is 6.33. The molecule has 0 bridgehead atoms. The first kappa shape index (κ1) is 18.1. The van der Waals surface area contributed by atoms with E-state index in [9.17, 15) is 13.2 Å². The minimum atomic E-state index is -3.63. The van der Waals surface area contributed by atoms with E-state index in [0.717, 1.165) is 25.1 Å². The van der Waals surface area contributed by atoms with Crippen LogP contribution in [-0.4, -0.2) is 40.5 Å². The van der Waals surface area contributed by atoms with Gasteiger partial charge in [0.1, 0.15) is 0 Å². The fourth-order valence-electron chi connectivity index (χ4n) is 3.56. The summed E-state index contributed by atoms with van der Waals surface area (Å²) in [5.74, 6) is -0.103. The molecule has 4 rings (SSSR count). The average molecular weight is 382 g/mol. The van der Waals surface area contributed by atoms with Crippen molar-refractivity contribution in [3.63, 3.8) is 0 Å². The SMILES string of the molecule is CN1C(=O)c2cccc3c(S(=O)(=O)NCC4CCCN4)ccc1c23.Cl. The predicted molar refractivity (Wildman–Crippen MR) is 100 cm³/mol. The van der Waals surface area contributed by atoms with E-state index in [2.05, 4.69) is 10.0 Å². The number of amides is 1. The van der Waals surface area contributed by atoms with Crippen molar-refractivity contribution >= 4 is 44.8 Å². The maximum atomic E-state index is 12.8. The lowest BCUT2D eigenvalue weighted by molar-refractivity contribution is 0.0999. The Balaban J connectivity index is 0.00000182. The van der Waals surface area contributed by atoms with Crippen LogP contribution in [0.5, 0.6) is 0 Å². The van der Waals surface area contributed by atoms with E-state index in [1.165, 1.54) is 0 Å². The van der Waals surface area contributed by atoms with Gasteiger partial charge in [0.2, 0.25) is 10.0 Å². The number of rotatable bonds is 4. The topological polar surface area (TPSA) is 78.5 Å². The third-order valence-electron chi connectivity index (χ3n) is 4.85. The minimum Gasteiger partial charge on any atom is -0.313 e. The van der Waals surface area contributed by atoms with E-state index in [4.69, 9.17) is 0 Å². The summed E-state index contributed by atoms with van der Waals surface area (Å²) in [6.45, 7) is 1.31. The van der Waals surface area contributed by atoms with E-state index in [1.54, 1.807) is 42.3 Å². The van der Waals surface area contributed by atoms with E-state index >= 15 is 0 Å². The summed E-state index contributed by atoms with van der Waals surface area (Å²) < 4.78 is 28.2. The number of benzene rings is 2. The number of carbonyl (C=O) groups is 1. The fourth-order valence-corrected chi connectivity index (χ4v) is 4.85. The van der Waals surface area contributed by atoms with Gasteiger partial charge in [0, 0.05) is 36.0 Å². The molecular weight excluding hydrogens is 362 g/mol. The van der Waals surface area contributed by atoms with Crippen molar-refractivity contribution in [1.82, 2.24) is 10.0 Å². The standard InChI is InChI=1S/C17H19N3O3S.ClH/c1-20-14-7-8-15(12-5-2-6-13(16(12)14)17(20)21)24(22,23)19-10-11-4-3-9-18-11;/h2,5-8,11,18-19H,3-4,9-10H2,1H3;1H. The fraction of sp³-hybridized carbons (Fsp3) is 0.353. The summed E-state index contributed by atoms with van der Waals surface area (Å²) in [4.78, 5) is 14.1. The molecule has 2 aromatic rings. The highest BCUT2D eigenvalue weighted by Gasteiger charge is 2.30. The quantitative estimate of drug-likeness (QED) is 0.847. The average Bonchev–Trinajstić information content (AvgIpc) is 3.18. The zero-order valence-corrected chi connectivity index (χ0v) is 15.4. The van der Waals surface area contributed by atoms with Crippen LogP contribution in [0.4, 0.5) is 5.69 Å². The monoisotopic (exact) mass is 381 g/mol. The molecule has 0 radical (unpaired) electrons. The molecule has 0 saturated carbocycles. The molecule has 8 heteroatoms. The van der Waals surface area contributed by atoms with Gasteiger partial charge in [-0.25, -0.2) is 13.1 Å². The van der Waals surface area contributed by atoms with Crippen LogP contribution in [0.15, 0.2) is 35.2 Å². The van der Waals surface area contributed by atoms with Gasteiger partial charge in [0.05, 0.1) is 10.6 Å². The lowest BCUT2D eigenvalue weighted by atomic mass is 10.1. The summed E-state index contributed by atoms with van der Waals surface area (Å²) in [6, 6.07) is 8.71. The summed E-state index contributed by atoms with van der Waals surface area (Å²) in [5, 5.41) is 4.59. The van der Waals surface area contributed by atoms with Gasteiger partial charge in [-0.2, -0.15) is 0 Å². The Morgan fingerprint density at radius 3 is 2.80 bits per heavy atom. The zero-order chi connectivity index (χ0) is 16.9. The molecule has 2 aliphatic rings. The number of nitrogens with zero attached hydrogens (tertiary/aromatic N) is 1. The zero-order valence-electron chi connectivity index (χ0n) is 13.8. The van der Waals surface area contributed by atoms with Crippen molar-refractivity contribution in [2.75, 3.05) is 25.0 Å². The number of nitrogens with one attached hydrogen (secondary N) is 2. The Hall–Kier alpha value is -1.67. The molecule has 2 heterocycles. The molecule has 1 saturated heterocycles. The largest absolute Gasteiger partial charge is 0.313 e. The van der Waals surface area contributed by atoms with Gasteiger partial charge in [-0.3, -0.25) is 4.79 Å². The Bertz CT molecular complexity index is 940. The smallest absolute Gasteiger partial charge is 0.258 e. The molecular formula is C17H20ClN3O3S. The van der Waals surface area contributed by atoms with Gasteiger partial charge in [0.15, 0.2) is 0 Å². The Morgan fingerprint density at radius 2 is 2.08 bits per heavy atom. The van der Waals surface area contributed by atoms with Gasteiger partial charge in [-0.05, 0) is 37.6 Å². The van der Waals surface area contributed by atoms with E-state index in [-0.39, 0.29) is 29.3 Å². The van der Waals surface area contributed by atoms with Crippen molar-refractivity contribution in [1.29, 1.82) is 0 Å². The maximum Gasteiger partial charge on any atom is 0.258 e. The summed E-state index contributed by atoms with van der Waals surface area (Å²) in [5.41, 5.74) is 1.31. The second kappa shape index (κ2) is 6.57. The molecule has 1 atom stereocenters. The van der Waals surface area contributed by atoms with Gasteiger partial charge in [-0.15, -0.1) is 12.4 Å². The lowest BCUT2D eigenvalue weighted by Gasteiger charge is -2.14. The molecule has 0 spiro atoms. The first-order chi connectivity index (χ1) is 11.5. The number of hydrogen-bond donors (Lipinski definition) is 2. The first-order valence-electron chi connectivity index (χ1n) is 8.06. The maximum absolute atomic E-state index is 12.8. The van der Waals surface area contributed by atoms with E-state index < -0.39 is 10.0 Å². The molecule has 2 aliphatic heterocycles. The minimum absolute atomic E-state index is 0. The number of sulfonamides is 1. The number of carbonyl (C=O) groups excluding carboxylic acids is 1. The van der Waals surface area contributed by atoms with Crippen LogP contribution in [-0.2, 0) is 10.0 Å². The summed E-state index contributed by atoms with van der Waals surface area (Å²) in [6.07, 6.45) is 2.05. The van der Waals surface area contributed by atoms with Gasteiger partial charge in [0.25, 0.3) is 5.91 Å². The second-order valence-corrected chi connectivity index (χ2v) is 8.06. The molecule has 2 N–H and O–H groups in total. The van der Waals surface area contributed by atoms with Crippen LogP contribution in [0.1, 0.15) is 23.2 Å². The molecule has 1 fully saturated rings. The highest BCUT2D eigenvalue weighted by molar-refractivity contribution is 7.89. The summed E-state index contributed by atoms with van der Waals surface area (Å²) >= 11 is 0. The van der Waals surface area contributed by atoms with Crippen LogP contribution in [0, 0.1) is 0 Å². The Kier molecular flexibility index (Phi) is 4.76. The third kappa shape index (κ3) is 2.91. The van der Waals surface area contributed by atoms with Crippen LogP contribution in [0.25, 0.3) is 10.8 Å². The van der Waals surface area contributed by atoms with Crippen LogP contribution >= 0.6 is 12.4 Å². The second-order valence-electron chi connectivity index (χ2n) is 6.32. The van der Waals surface area contributed by atoms with Crippen molar-refractivity contribution in [3.8, 4) is 0 Å². The Labute approximate surface area is 153 Å². The molecule has 1 amide bonds. The lowest BCUT2D eigenvalue weighted by Crippen LogP contribution is -2.37. The predicted octanol–water partition coefficient (Wildman–Crippen LogP) is 1.88. The van der Waals surface area contributed by atoms with Crippen molar-refractivity contribution in [2.24, 2.45) is 0 Å². The van der Waals surface area contributed by atoms with E-state index in [1.807, 2.05) is 0 Å². The van der Waals surface area contributed by atoms with Crippen LogP contribution in [0.2, 0.25) is 0 Å². The summed E-state index contributed by atoms with van der Waals surface area (Å²) in [7, 11) is -1.93. The molecule has 2 aromatic carbocycles. The highest BCUT2D eigenvalue weighted by Crippen LogP contribution is 2.39. The molecule has 0 aromatic heterocycles. The normalized spacial score (nSPS) is 19.5. The van der Waals surface area contributed by atoms with Crippen molar-refractivity contribution < 1.29 is 13.2 Å². The van der Waals surface area contributed by atoms with Gasteiger partial charge < -0.3 is 10.2 Å². The van der Waals surface area contributed by atoms with Gasteiger partial charge in [-0.1, -0.05) is 12.1 Å². The van der Waals surface area contributed by atoms with Crippen molar-refractivity contribution in [3.05, 3.63) is 35.9 Å². The number of halogens is 1.